The predicted octanol–water partition coefficient (Wildman–Crippen LogP) is 5.73. The normalized spacial score (nSPS) is 17.1. The molecule has 0 bridgehead atoms. The molecule has 3 heterocycles. The van der Waals surface area contributed by atoms with E-state index in [-0.39, 0.29) is 0 Å². The summed E-state index contributed by atoms with van der Waals surface area (Å²) < 4.78 is 5.24. The number of amides is 1. The molecule has 3 aliphatic rings. The van der Waals surface area contributed by atoms with Crippen molar-refractivity contribution >= 4 is 23.9 Å². The highest BCUT2D eigenvalue weighted by Crippen LogP contribution is 2.51. The van der Waals surface area contributed by atoms with E-state index in [2.05, 4.69) is 58.6 Å². The van der Waals surface area contributed by atoms with Crippen LogP contribution in [0.15, 0.2) is 47.6 Å². The van der Waals surface area contributed by atoms with Crippen molar-refractivity contribution in [1.82, 2.24) is 20.3 Å². The minimum Gasteiger partial charge on any atom is -0.467 e. The van der Waals surface area contributed by atoms with Gasteiger partial charge in [-0.15, -0.1) is 11.8 Å². The van der Waals surface area contributed by atoms with E-state index in [4.69, 9.17) is 9.72 Å². The maximum absolute atomic E-state index is 10.0. The number of aromatic nitrogens is 3. The van der Waals surface area contributed by atoms with Gasteiger partial charge >= 0.3 is 6.01 Å². The van der Waals surface area contributed by atoms with Crippen LogP contribution in [0.4, 0.5) is 5.69 Å². The van der Waals surface area contributed by atoms with Gasteiger partial charge in [0.25, 0.3) is 0 Å². The molecule has 0 radical (unpaired) electrons. The average Bonchev–Trinajstić information content (AvgIpc) is 3.64. The number of nitrogens with zero attached hydrogens (tertiary/aromatic N) is 4. The molecule has 1 amide bonds. The molecule has 1 aromatic carbocycles. The predicted molar refractivity (Wildman–Crippen MR) is 153 cm³/mol. The molecule has 0 saturated heterocycles. The van der Waals surface area contributed by atoms with Crippen LogP contribution < -0.4 is 15.0 Å². The van der Waals surface area contributed by atoms with Crippen LogP contribution in [-0.4, -0.2) is 47.8 Å². The molecule has 1 N–H and O–H groups in total. The lowest BCUT2D eigenvalue weighted by Gasteiger charge is -2.24. The number of methoxy groups -OCH3 is 1. The molecule has 6 rings (SSSR count). The highest BCUT2D eigenvalue weighted by molar-refractivity contribution is 7.99. The van der Waals surface area contributed by atoms with Crippen LogP contribution in [0.5, 0.6) is 6.01 Å². The second-order valence-corrected chi connectivity index (χ2v) is 11.8. The zero-order chi connectivity index (χ0) is 26.5. The summed E-state index contributed by atoms with van der Waals surface area (Å²) in [5, 5.41) is 2.63. The standard InChI is InChI=1S/C20H24N4O.C10H13NOS/c1-24-12-20(7-3-4-8-20)15-9-16(21-11-17(15)24)14-10-22-19(25-2)23-18(14)13-5-6-13;1-2-13-10-5-3-9(4-6-10)7-11-8-12/h9-11,13H,3-8,12H2,1-2H3;3-6,8H,2,7H2,1H3,(H,11,12). The molecule has 1 aliphatic heterocycles. The number of hydrogen-bond acceptors (Lipinski definition) is 7. The largest absolute Gasteiger partial charge is 0.467 e. The highest BCUT2D eigenvalue weighted by atomic mass is 32.2. The van der Waals surface area contributed by atoms with E-state index in [9.17, 15) is 4.79 Å². The lowest BCUT2D eigenvalue weighted by Crippen LogP contribution is -2.28. The topological polar surface area (TPSA) is 80.2 Å². The van der Waals surface area contributed by atoms with E-state index in [0.29, 0.717) is 30.3 Å². The summed E-state index contributed by atoms with van der Waals surface area (Å²) in [4.78, 5) is 27.5. The average molecular weight is 532 g/mol. The molecular formula is C30H37N5O2S. The van der Waals surface area contributed by atoms with Gasteiger partial charge in [-0.2, -0.15) is 4.98 Å². The summed E-state index contributed by atoms with van der Waals surface area (Å²) in [6.45, 7) is 3.87. The van der Waals surface area contributed by atoms with Gasteiger partial charge in [-0.3, -0.25) is 9.78 Å². The monoisotopic (exact) mass is 531 g/mol. The van der Waals surface area contributed by atoms with Crippen molar-refractivity contribution in [2.24, 2.45) is 0 Å². The number of rotatable bonds is 8. The van der Waals surface area contributed by atoms with Crippen molar-refractivity contribution in [2.45, 2.75) is 68.2 Å². The lowest BCUT2D eigenvalue weighted by atomic mass is 9.80. The molecular weight excluding hydrogens is 494 g/mol. The third-order valence-electron chi connectivity index (χ3n) is 7.81. The van der Waals surface area contributed by atoms with E-state index >= 15 is 0 Å². The Morgan fingerprint density at radius 2 is 1.92 bits per heavy atom. The van der Waals surface area contributed by atoms with Crippen LogP contribution in [0, 0.1) is 0 Å². The van der Waals surface area contributed by atoms with Crippen LogP contribution in [0.1, 0.15) is 68.2 Å². The number of likely N-dealkylation sites (N-methyl/N-ethyl adjacent to an activating group) is 1. The third-order valence-corrected chi connectivity index (χ3v) is 8.70. The maximum atomic E-state index is 10.0. The molecule has 2 saturated carbocycles. The van der Waals surface area contributed by atoms with Crippen molar-refractivity contribution in [3.63, 3.8) is 0 Å². The number of hydrogen-bond donors (Lipinski definition) is 1. The Morgan fingerprint density at radius 3 is 2.58 bits per heavy atom. The van der Waals surface area contributed by atoms with Crippen molar-refractivity contribution in [3.05, 3.63) is 59.5 Å². The zero-order valence-corrected chi connectivity index (χ0v) is 23.4. The Hall–Kier alpha value is -3.13. The van der Waals surface area contributed by atoms with Crippen LogP contribution in [0.2, 0.25) is 0 Å². The number of carbonyl (C=O) groups excluding carboxylic acids is 1. The lowest BCUT2D eigenvalue weighted by molar-refractivity contribution is -0.109. The van der Waals surface area contributed by atoms with E-state index in [1.165, 1.54) is 54.7 Å². The first-order valence-corrected chi connectivity index (χ1v) is 14.6. The number of carbonyl (C=O) groups is 1. The first-order valence-electron chi connectivity index (χ1n) is 13.6. The van der Waals surface area contributed by atoms with Gasteiger partial charge < -0.3 is 15.0 Å². The Bertz CT molecular complexity index is 1260. The van der Waals surface area contributed by atoms with E-state index < -0.39 is 0 Å². The molecule has 200 valence electrons. The molecule has 2 fully saturated rings. The SMILES string of the molecule is CCSc1ccc(CNC=O)cc1.COc1ncc(-c2cc3c(cn2)N(C)CC32CCCC2)c(C2CC2)n1. The number of benzene rings is 1. The van der Waals surface area contributed by atoms with Crippen LogP contribution in [0.3, 0.4) is 0 Å². The minimum atomic E-state index is 0.328. The number of fused-ring (bicyclic) bond motifs is 2. The van der Waals surface area contributed by atoms with Crippen LogP contribution in [-0.2, 0) is 16.8 Å². The van der Waals surface area contributed by atoms with Gasteiger partial charge in [0.1, 0.15) is 0 Å². The van der Waals surface area contributed by atoms with Crippen molar-refractivity contribution in [3.8, 4) is 17.3 Å². The summed E-state index contributed by atoms with van der Waals surface area (Å²) in [6.07, 6.45) is 12.3. The van der Waals surface area contributed by atoms with E-state index in [1.807, 2.05) is 30.1 Å². The van der Waals surface area contributed by atoms with Gasteiger partial charge in [0.2, 0.25) is 6.41 Å². The van der Waals surface area contributed by atoms with Crippen molar-refractivity contribution < 1.29 is 9.53 Å². The third kappa shape index (κ3) is 5.65. The number of anilines is 1. The zero-order valence-electron chi connectivity index (χ0n) is 22.6. The maximum Gasteiger partial charge on any atom is 0.316 e. The van der Waals surface area contributed by atoms with Crippen LogP contribution in [0.25, 0.3) is 11.3 Å². The van der Waals surface area contributed by atoms with E-state index in [1.54, 1.807) is 7.11 Å². The minimum absolute atomic E-state index is 0.328. The fourth-order valence-electron chi connectivity index (χ4n) is 5.80. The van der Waals surface area contributed by atoms with E-state index in [0.717, 1.165) is 34.8 Å². The fourth-order valence-corrected chi connectivity index (χ4v) is 6.46. The smallest absolute Gasteiger partial charge is 0.316 e. The second kappa shape index (κ2) is 11.7. The first kappa shape index (κ1) is 26.5. The Balaban J connectivity index is 0.000000193. The number of nitrogens with one attached hydrogen (secondary N) is 1. The van der Waals surface area contributed by atoms with Gasteiger partial charge in [0.05, 0.1) is 30.4 Å². The van der Waals surface area contributed by atoms with Crippen molar-refractivity contribution in [1.29, 1.82) is 0 Å². The molecule has 8 heteroatoms. The van der Waals surface area contributed by atoms with Gasteiger partial charge in [-0.1, -0.05) is 31.9 Å². The number of ether oxygens (including phenoxy) is 1. The molecule has 0 unspecified atom stereocenters. The van der Waals surface area contributed by atoms with Gasteiger partial charge in [0, 0.05) is 48.1 Å². The first-order chi connectivity index (χ1) is 18.6. The molecule has 3 aromatic rings. The molecule has 2 aliphatic carbocycles. The summed E-state index contributed by atoms with van der Waals surface area (Å²) >= 11 is 1.82. The Labute approximate surface area is 229 Å². The Morgan fingerprint density at radius 1 is 1.16 bits per heavy atom. The summed E-state index contributed by atoms with van der Waals surface area (Å²) in [6, 6.07) is 11.0. The summed E-state index contributed by atoms with van der Waals surface area (Å²) in [7, 11) is 3.82. The molecule has 7 nitrogen and oxygen atoms in total. The van der Waals surface area contributed by atoms with Gasteiger partial charge in [-0.05, 0) is 60.8 Å². The van der Waals surface area contributed by atoms with Crippen LogP contribution >= 0.6 is 11.8 Å². The molecule has 38 heavy (non-hydrogen) atoms. The fraction of sp³-hybridized carbons (Fsp3) is 0.467. The quantitative estimate of drug-likeness (QED) is 0.294. The number of thioether (sulfide) groups is 1. The number of pyridine rings is 1. The molecule has 2 aromatic heterocycles. The molecule has 1 spiro atoms. The molecule has 0 atom stereocenters. The van der Waals surface area contributed by atoms with Crippen molar-refractivity contribution in [2.75, 3.05) is 31.4 Å². The summed E-state index contributed by atoms with van der Waals surface area (Å²) in [5.41, 5.74) is 7.44. The van der Waals surface area contributed by atoms with Gasteiger partial charge in [0.15, 0.2) is 0 Å². The van der Waals surface area contributed by atoms with Gasteiger partial charge in [-0.25, -0.2) is 4.98 Å². The summed E-state index contributed by atoms with van der Waals surface area (Å²) in [5.74, 6) is 1.62. The second-order valence-electron chi connectivity index (χ2n) is 10.4. The Kier molecular flexibility index (Phi) is 8.17. The highest BCUT2D eigenvalue weighted by Gasteiger charge is 2.44.